The summed E-state index contributed by atoms with van der Waals surface area (Å²) in [6.07, 6.45) is -0.527. The predicted octanol–water partition coefficient (Wildman–Crippen LogP) is 2.99. The molecule has 1 unspecified atom stereocenters. The van der Waals surface area contributed by atoms with Gasteiger partial charge in [0, 0.05) is 18.4 Å². The fraction of sp³-hybridized carbons (Fsp3) is 0.609. The molecule has 0 aliphatic rings. The molecule has 0 bridgehead atoms. The van der Waals surface area contributed by atoms with E-state index in [-0.39, 0.29) is 50.0 Å². The van der Waals surface area contributed by atoms with Gasteiger partial charge in [0.2, 0.25) is 5.91 Å². The fourth-order valence-electron chi connectivity index (χ4n) is 2.54. The molecule has 1 aromatic carbocycles. The number of carbonyl (C=O) groups is 3. The van der Waals surface area contributed by atoms with Crippen molar-refractivity contribution in [1.29, 1.82) is 0 Å². The summed E-state index contributed by atoms with van der Waals surface area (Å²) in [6, 6.07) is 9.38. The molecule has 1 rings (SSSR count). The van der Waals surface area contributed by atoms with E-state index in [0.29, 0.717) is 6.42 Å². The van der Waals surface area contributed by atoms with Crippen LogP contribution < -0.4 is 5.32 Å². The van der Waals surface area contributed by atoms with Crippen LogP contribution in [-0.2, 0) is 30.5 Å². The molecule has 0 saturated carbocycles. The van der Waals surface area contributed by atoms with Gasteiger partial charge < -0.3 is 19.9 Å². The predicted molar refractivity (Wildman–Crippen MR) is 113 cm³/mol. The molecular weight excluding hydrogens is 386 g/mol. The van der Waals surface area contributed by atoms with E-state index < -0.39 is 17.4 Å². The summed E-state index contributed by atoms with van der Waals surface area (Å²) in [4.78, 5) is 35.8. The zero-order valence-corrected chi connectivity index (χ0v) is 18.7. The van der Waals surface area contributed by atoms with Gasteiger partial charge in [-0.2, -0.15) is 0 Å². The van der Waals surface area contributed by atoms with Gasteiger partial charge in [-0.25, -0.2) is 0 Å². The summed E-state index contributed by atoms with van der Waals surface area (Å²) in [5, 5.41) is 12.9. The Balaban J connectivity index is 2.28. The summed E-state index contributed by atoms with van der Waals surface area (Å²) >= 11 is 0. The first-order valence-corrected chi connectivity index (χ1v) is 10.2. The molecule has 0 aliphatic carbocycles. The first kappa shape index (κ1) is 25.6. The van der Waals surface area contributed by atoms with Crippen molar-refractivity contribution in [3.63, 3.8) is 0 Å². The van der Waals surface area contributed by atoms with E-state index >= 15 is 0 Å². The van der Waals surface area contributed by atoms with Gasteiger partial charge in [0.1, 0.15) is 12.7 Å². The number of amides is 1. The maximum absolute atomic E-state index is 12.2. The molecule has 2 N–H and O–H groups in total. The van der Waals surface area contributed by atoms with Crippen LogP contribution in [0, 0.1) is 10.8 Å². The minimum absolute atomic E-state index is 0.0672. The second kappa shape index (κ2) is 11.7. The minimum Gasteiger partial charge on any atom is -0.465 e. The summed E-state index contributed by atoms with van der Waals surface area (Å²) in [5.74, 6) is -1.28. The molecule has 7 heteroatoms. The van der Waals surface area contributed by atoms with Crippen molar-refractivity contribution in [2.24, 2.45) is 10.8 Å². The molecule has 0 aliphatic heterocycles. The number of benzene rings is 1. The molecule has 168 valence electrons. The van der Waals surface area contributed by atoms with Gasteiger partial charge in [0.05, 0.1) is 13.0 Å². The van der Waals surface area contributed by atoms with Gasteiger partial charge in [0.25, 0.3) is 0 Å². The van der Waals surface area contributed by atoms with Crippen molar-refractivity contribution in [3.05, 3.63) is 35.9 Å². The first-order valence-electron chi connectivity index (χ1n) is 10.2. The Morgan fingerprint density at radius 3 is 2.23 bits per heavy atom. The van der Waals surface area contributed by atoms with E-state index in [1.54, 1.807) is 13.8 Å². The lowest BCUT2D eigenvalue weighted by Gasteiger charge is -2.29. The maximum atomic E-state index is 12.2. The van der Waals surface area contributed by atoms with E-state index in [0.717, 1.165) is 5.56 Å². The zero-order chi connectivity index (χ0) is 22.8. The highest BCUT2D eigenvalue weighted by molar-refractivity contribution is 5.81. The second-order valence-corrected chi connectivity index (χ2v) is 9.33. The third kappa shape index (κ3) is 10.4. The lowest BCUT2D eigenvalue weighted by atomic mass is 9.86. The van der Waals surface area contributed by atoms with Crippen LogP contribution in [-0.4, -0.2) is 42.2 Å². The molecule has 0 aromatic heterocycles. The number of rotatable bonds is 11. The molecule has 1 amide bonds. The van der Waals surface area contributed by atoms with E-state index in [1.165, 1.54) is 0 Å². The van der Waals surface area contributed by atoms with Crippen molar-refractivity contribution in [3.8, 4) is 0 Å². The number of aliphatic hydroxyl groups excluding tert-OH is 1. The van der Waals surface area contributed by atoms with Gasteiger partial charge in [-0.15, -0.1) is 0 Å². The Kier molecular flexibility index (Phi) is 9.99. The minimum atomic E-state index is -1.34. The molecule has 0 radical (unpaired) electrons. The molecule has 30 heavy (non-hydrogen) atoms. The quantitative estimate of drug-likeness (QED) is 0.421. The van der Waals surface area contributed by atoms with Crippen LogP contribution in [0.1, 0.15) is 59.4 Å². The largest absolute Gasteiger partial charge is 0.465 e. The van der Waals surface area contributed by atoms with Crippen molar-refractivity contribution < 1.29 is 29.0 Å². The second-order valence-electron chi connectivity index (χ2n) is 9.33. The van der Waals surface area contributed by atoms with Gasteiger partial charge in [-0.05, 0) is 17.4 Å². The number of aliphatic hydroxyl groups is 1. The number of ether oxygens (including phenoxy) is 2. The van der Waals surface area contributed by atoms with Gasteiger partial charge in [0.15, 0.2) is 0 Å². The van der Waals surface area contributed by atoms with Crippen molar-refractivity contribution in [2.45, 2.75) is 66.6 Å². The van der Waals surface area contributed by atoms with Crippen molar-refractivity contribution in [2.75, 3.05) is 13.2 Å². The van der Waals surface area contributed by atoms with Crippen LogP contribution in [0.15, 0.2) is 30.3 Å². The van der Waals surface area contributed by atoms with Crippen LogP contribution in [0.2, 0.25) is 0 Å². The number of esters is 2. The smallest absolute Gasteiger partial charge is 0.306 e. The highest BCUT2D eigenvalue weighted by Gasteiger charge is 2.35. The average Bonchev–Trinajstić information content (AvgIpc) is 2.67. The number of carbonyl (C=O) groups excluding carboxylic acids is 3. The lowest BCUT2D eigenvalue weighted by Crippen LogP contribution is -2.46. The van der Waals surface area contributed by atoms with E-state index in [9.17, 15) is 19.5 Å². The Labute approximate surface area is 179 Å². The molecule has 0 heterocycles. The Bertz CT molecular complexity index is 693. The SMILES string of the molecule is CC(C)(C)CC(=O)OCC(C)(C)C(O)C(=O)NCCCC(=O)OCc1ccccc1. The third-order valence-corrected chi connectivity index (χ3v) is 4.37. The molecule has 0 saturated heterocycles. The molecule has 1 aromatic rings. The number of hydrogen-bond donors (Lipinski definition) is 2. The third-order valence-electron chi connectivity index (χ3n) is 4.37. The van der Waals surface area contributed by atoms with Gasteiger partial charge >= 0.3 is 11.9 Å². The first-order chi connectivity index (χ1) is 13.9. The van der Waals surface area contributed by atoms with Crippen LogP contribution in [0.25, 0.3) is 0 Å². The monoisotopic (exact) mass is 421 g/mol. The Hall–Kier alpha value is -2.41. The van der Waals surface area contributed by atoms with Crippen molar-refractivity contribution in [1.82, 2.24) is 5.32 Å². The number of hydrogen-bond acceptors (Lipinski definition) is 6. The van der Waals surface area contributed by atoms with Crippen LogP contribution in [0.3, 0.4) is 0 Å². The van der Waals surface area contributed by atoms with E-state index in [2.05, 4.69) is 5.32 Å². The summed E-state index contributed by atoms with van der Waals surface area (Å²) in [5.41, 5.74) is -0.223. The lowest BCUT2D eigenvalue weighted by molar-refractivity contribution is -0.154. The van der Waals surface area contributed by atoms with Crippen LogP contribution in [0.5, 0.6) is 0 Å². The van der Waals surface area contributed by atoms with Crippen LogP contribution in [0.4, 0.5) is 0 Å². The molecule has 1 atom stereocenters. The molecule has 0 spiro atoms. The van der Waals surface area contributed by atoms with Crippen molar-refractivity contribution >= 4 is 17.8 Å². The normalized spacial score (nSPS) is 12.7. The summed E-state index contributed by atoms with van der Waals surface area (Å²) in [7, 11) is 0. The van der Waals surface area contributed by atoms with E-state index in [4.69, 9.17) is 9.47 Å². The topological polar surface area (TPSA) is 102 Å². The van der Waals surface area contributed by atoms with E-state index in [1.807, 2.05) is 51.1 Å². The number of nitrogens with one attached hydrogen (secondary N) is 1. The zero-order valence-electron chi connectivity index (χ0n) is 18.7. The molecule has 0 fully saturated rings. The highest BCUT2D eigenvalue weighted by Crippen LogP contribution is 2.24. The average molecular weight is 422 g/mol. The van der Waals surface area contributed by atoms with Crippen LogP contribution >= 0.6 is 0 Å². The van der Waals surface area contributed by atoms with Gasteiger partial charge in [-0.1, -0.05) is 65.0 Å². The maximum Gasteiger partial charge on any atom is 0.306 e. The Morgan fingerprint density at radius 2 is 1.63 bits per heavy atom. The highest BCUT2D eigenvalue weighted by atomic mass is 16.5. The Morgan fingerprint density at radius 1 is 1.00 bits per heavy atom. The molecular formula is C23H35NO6. The standard InChI is InChI=1S/C23H35NO6/c1-22(2,3)14-19(26)30-16-23(4,5)20(27)21(28)24-13-9-12-18(25)29-15-17-10-7-6-8-11-17/h6-8,10-11,20,27H,9,12-16H2,1-5H3,(H,24,28). The summed E-state index contributed by atoms with van der Waals surface area (Å²) < 4.78 is 10.4. The van der Waals surface area contributed by atoms with Gasteiger partial charge in [-0.3, -0.25) is 14.4 Å². The fourth-order valence-corrected chi connectivity index (χ4v) is 2.54. The molecule has 7 nitrogen and oxygen atoms in total. The summed E-state index contributed by atoms with van der Waals surface area (Å²) in [6.45, 7) is 9.48.